The third-order valence-corrected chi connectivity index (χ3v) is 2.88. The Balaban J connectivity index is 2.13. The number of nitrogens with zero attached hydrogens (tertiary/aromatic N) is 2. The van der Waals surface area contributed by atoms with Crippen molar-refractivity contribution in [2.45, 2.75) is 25.8 Å². The van der Waals surface area contributed by atoms with E-state index in [1.165, 1.54) is 6.07 Å². The number of halogens is 2. The molecule has 0 radical (unpaired) electrons. The molecule has 6 heteroatoms. The molecule has 0 saturated heterocycles. The first-order valence-electron chi connectivity index (χ1n) is 6.07. The predicted octanol–water partition coefficient (Wildman–Crippen LogP) is 2.61. The van der Waals surface area contributed by atoms with Gasteiger partial charge in [-0.2, -0.15) is 0 Å². The zero-order valence-electron chi connectivity index (χ0n) is 10.8. The smallest absolute Gasteiger partial charge is 0.233 e. The van der Waals surface area contributed by atoms with Crippen LogP contribution in [0.4, 0.5) is 8.78 Å². The van der Waals surface area contributed by atoms with Crippen LogP contribution in [0, 0.1) is 11.6 Å². The van der Waals surface area contributed by atoms with Gasteiger partial charge in [-0.1, -0.05) is 13.0 Å². The number of hydrogen-bond acceptors (Lipinski definition) is 4. The maximum absolute atomic E-state index is 13.1. The summed E-state index contributed by atoms with van der Waals surface area (Å²) in [7, 11) is 1.81. The molecular weight excluding hydrogens is 252 g/mol. The average Bonchev–Trinajstić information content (AvgIpc) is 2.84. The third kappa shape index (κ3) is 3.14. The van der Waals surface area contributed by atoms with E-state index in [1.54, 1.807) is 0 Å². The van der Waals surface area contributed by atoms with Crippen molar-refractivity contribution < 1.29 is 13.2 Å². The zero-order valence-corrected chi connectivity index (χ0v) is 10.8. The van der Waals surface area contributed by atoms with Crippen LogP contribution in [-0.4, -0.2) is 17.2 Å². The van der Waals surface area contributed by atoms with Crippen molar-refractivity contribution >= 4 is 0 Å². The summed E-state index contributed by atoms with van der Waals surface area (Å²) in [5, 5.41) is 10.9. The first-order chi connectivity index (χ1) is 9.13. The summed E-state index contributed by atoms with van der Waals surface area (Å²) in [6.07, 6.45) is 1.10. The molecule has 0 bridgehead atoms. The topological polar surface area (TPSA) is 51.0 Å². The van der Waals surface area contributed by atoms with Crippen LogP contribution in [-0.2, 0) is 6.42 Å². The Morgan fingerprint density at radius 1 is 1.26 bits per heavy atom. The van der Waals surface area contributed by atoms with Crippen LogP contribution in [0.1, 0.15) is 36.7 Å². The monoisotopic (exact) mass is 267 g/mol. The van der Waals surface area contributed by atoms with Crippen LogP contribution in [0.2, 0.25) is 0 Å². The normalized spacial score (nSPS) is 12.6. The summed E-state index contributed by atoms with van der Waals surface area (Å²) < 4.78 is 31.4. The summed E-state index contributed by atoms with van der Waals surface area (Å²) in [5.74, 6) is -0.854. The van der Waals surface area contributed by atoms with E-state index >= 15 is 0 Å². The molecule has 4 nitrogen and oxygen atoms in total. The lowest BCUT2D eigenvalue weighted by molar-refractivity contribution is 0.390. The van der Waals surface area contributed by atoms with E-state index in [0.717, 1.165) is 18.6 Å². The third-order valence-electron chi connectivity index (χ3n) is 2.88. The number of aromatic nitrogens is 2. The first-order valence-corrected chi connectivity index (χ1v) is 6.07. The standard InChI is InChI=1S/C13H15F2N3O/c1-3-11(16-2)13-18-17-12(19-13)7-8-4-5-9(14)10(15)6-8/h4-6,11,16H,3,7H2,1-2H3. The molecule has 1 unspecified atom stereocenters. The van der Waals surface area contributed by atoms with Gasteiger partial charge in [0.05, 0.1) is 12.5 Å². The van der Waals surface area contributed by atoms with Gasteiger partial charge in [-0.15, -0.1) is 10.2 Å². The first kappa shape index (κ1) is 13.6. The number of nitrogens with one attached hydrogen (secondary N) is 1. The fourth-order valence-corrected chi connectivity index (χ4v) is 1.81. The Labute approximate surface area is 109 Å². The molecule has 2 aromatic rings. The minimum Gasteiger partial charge on any atom is -0.423 e. The SMILES string of the molecule is CCC(NC)c1nnc(Cc2ccc(F)c(F)c2)o1. The van der Waals surface area contributed by atoms with Crippen LogP contribution in [0.5, 0.6) is 0 Å². The van der Waals surface area contributed by atoms with Gasteiger partial charge >= 0.3 is 0 Å². The predicted molar refractivity (Wildman–Crippen MR) is 65.6 cm³/mol. The second-order valence-electron chi connectivity index (χ2n) is 4.21. The highest BCUT2D eigenvalue weighted by atomic mass is 19.2. The highest BCUT2D eigenvalue weighted by molar-refractivity contribution is 5.20. The van der Waals surface area contributed by atoms with Crippen LogP contribution in [0.3, 0.4) is 0 Å². The molecule has 0 spiro atoms. The summed E-state index contributed by atoms with van der Waals surface area (Å²) >= 11 is 0. The van der Waals surface area contributed by atoms with E-state index in [1.807, 2.05) is 14.0 Å². The highest BCUT2D eigenvalue weighted by Gasteiger charge is 2.15. The quantitative estimate of drug-likeness (QED) is 0.904. The van der Waals surface area contributed by atoms with Crippen molar-refractivity contribution in [2.24, 2.45) is 0 Å². The maximum Gasteiger partial charge on any atom is 0.233 e. The molecule has 19 heavy (non-hydrogen) atoms. The van der Waals surface area contributed by atoms with Crippen molar-refractivity contribution in [3.63, 3.8) is 0 Å². The largest absolute Gasteiger partial charge is 0.423 e. The Morgan fingerprint density at radius 2 is 2.05 bits per heavy atom. The van der Waals surface area contributed by atoms with Gasteiger partial charge in [-0.25, -0.2) is 8.78 Å². The van der Waals surface area contributed by atoms with E-state index in [2.05, 4.69) is 15.5 Å². The molecule has 1 heterocycles. The van der Waals surface area contributed by atoms with Gasteiger partial charge in [0, 0.05) is 0 Å². The molecule has 0 aliphatic heterocycles. The zero-order chi connectivity index (χ0) is 13.8. The summed E-state index contributed by atoms with van der Waals surface area (Å²) in [4.78, 5) is 0. The molecule has 0 aliphatic rings. The number of benzene rings is 1. The summed E-state index contributed by atoms with van der Waals surface area (Å²) in [5.41, 5.74) is 0.589. The molecule has 0 saturated carbocycles. The summed E-state index contributed by atoms with van der Waals surface area (Å²) in [6, 6.07) is 3.72. The number of hydrogen-bond donors (Lipinski definition) is 1. The lowest BCUT2D eigenvalue weighted by atomic mass is 10.1. The van der Waals surface area contributed by atoms with Crippen LogP contribution in [0.25, 0.3) is 0 Å². The Morgan fingerprint density at radius 3 is 2.68 bits per heavy atom. The molecular formula is C13H15F2N3O. The summed E-state index contributed by atoms with van der Waals surface area (Å²) in [6.45, 7) is 2.00. The Hall–Kier alpha value is -1.82. The van der Waals surface area contributed by atoms with Gasteiger partial charge in [0.15, 0.2) is 11.6 Å². The van der Waals surface area contributed by atoms with E-state index in [9.17, 15) is 8.78 Å². The van der Waals surface area contributed by atoms with Gasteiger partial charge in [-0.05, 0) is 31.2 Å². The second kappa shape index (κ2) is 5.88. The van der Waals surface area contributed by atoms with Crippen molar-refractivity contribution in [3.8, 4) is 0 Å². The molecule has 102 valence electrons. The van der Waals surface area contributed by atoms with Crippen molar-refractivity contribution in [3.05, 3.63) is 47.2 Å². The minimum absolute atomic E-state index is 0.00574. The van der Waals surface area contributed by atoms with Gasteiger partial charge in [0.1, 0.15) is 0 Å². The molecule has 1 atom stereocenters. The lowest BCUT2D eigenvalue weighted by Crippen LogP contribution is -2.15. The molecule has 1 N–H and O–H groups in total. The van der Waals surface area contributed by atoms with E-state index in [-0.39, 0.29) is 12.5 Å². The van der Waals surface area contributed by atoms with E-state index in [4.69, 9.17) is 4.42 Å². The average molecular weight is 267 g/mol. The van der Waals surface area contributed by atoms with Crippen molar-refractivity contribution in [1.29, 1.82) is 0 Å². The van der Waals surface area contributed by atoms with Gasteiger partial charge in [0.25, 0.3) is 0 Å². The fourth-order valence-electron chi connectivity index (χ4n) is 1.81. The van der Waals surface area contributed by atoms with Crippen LogP contribution < -0.4 is 5.32 Å². The maximum atomic E-state index is 13.1. The van der Waals surface area contributed by atoms with E-state index < -0.39 is 11.6 Å². The highest BCUT2D eigenvalue weighted by Crippen LogP contribution is 2.17. The fraction of sp³-hybridized carbons (Fsp3) is 0.385. The molecule has 2 rings (SSSR count). The molecule has 0 aliphatic carbocycles. The van der Waals surface area contributed by atoms with Crippen molar-refractivity contribution in [2.75, 3.05) is 7.05 Å². The lowest BCUT2D eigenvalue weighted by Gasteiger charge is -2.07. The van der Waals surface area contributed by atoms with Crippen LogP contribution in [0.15, 0.2) is 22.6 Å². The van der Waals surface area contributed by atoms with Crippen molar-refractivity contribution in [1.82, 2.24) is 15.5 Å². The van der Waals surface area contributed by atoms with Gasteiger partial charge in [0.2, 0.25) is 11.8 Å². The Bertz CT molecular complexity index is 553. The molecule has 1 aromatic heterocycles. The van der Waals surface area contributed by atoms with Gasteiger partial charge < -0.3 is 9.73 Å². The van der Waals surface area contributed by atoms with Gasteiger partial charge in [-0.3, -0.25) is 0 Å². The molecule has 1 aromatic carbocycles. The molecule has 0 fully saturated rings. The Kier molecular flexibility index (Phi) is 4.21. The second-order valence-corrected chi connectivity index (χ2v) is 4.21. The molecule has 0 amide bonds. The number of rotatable bonds is 5. The van der Waals surface area contributed by atoms with E-state index in [0.29, 0.717) is 17.3 Å². The minimum atomic E-state index is -0.876. The van der Waals surface area contributed by atoms with Crippen LogP contribution >= 0.6 is 0 Å².